The summed E-state index contributed by atoms with van der Waals surface area (Å²) in [7, 11) is -7.22. The molecule has 172 valence electrons. The zero-order chi connectivity index (χ0) is 24.1. The molecule has 2 N–H and O–H groups in total. The molecule has 11 nitrogen and oxygen atoms in total. The van der Waals surface area contributed by atoms with E-state index in [2.05, 4.69) is 15.5 Å². The lowest BCUT2D eigenvalue weighted by molar-refractivity contribution is 0.0953. The minimum Gasteiger partial charge on any atom is -0.351 e. The first kappa shape index (κ1) is 26.7. The maximum atomic E-state index is 11.9. The summed E-state index contributed by atoms with van der Waals surface area (Å²) in [5.41, 5.74) is 2.10. The van der Waals surface area contributed by atoms with Gasteiger partial charge in [-0.1, -0.05) is 6.92 Å². The van der Waals surface area contributed by atoms with Crippen LogP contribution in [0.15, 0.2) is 58.8 Å². The molecule has 0 spiro atoms. The van der Waals surface area contributed by atoms with E-state index in [9.17, 15) is 18.0 Å². The Kier molecular flexibility index (Phi) is 11.0. The van der Waals surface area contributed by atoms with Crippen molar-refractivity contribution in [3.05, 3.63) is 59.7 Å². The molecule has 0 saturated carbocycles. The van der Waals surface area contributed by atoms with E-state index in [1.54, 1.807) is 36.4 Å². The largest absolute Gasteiger partial charge is 0.425 e. The van der Waals surface area contributed by atoms with Gasteiger partial charge in [-0.25, -0.2) is 0 Å². The molecule has 0 aromatic heterocycles. The van der Waals surface area contributed by atoms with E-state index in [0.29, 0.717) is 28.9 Å². The fourth-order valence-corrected chi connectivity index (χ4v) is 2.64. The maximum Gasteiger partial charge on any atom is 0.425 e. The first-order valence-electron chi connectivity index (χ1n) is 9.17. The van der Waals surface area contributed by atoms with Gasteiger partial charge in [-0.2, -0.15) is 18.6 Å². The van der Waals surface area contributed by atoms with Crippen molar-refractivity contribution < 1.29 is 35.2 Å². The summed E-state index contributed by atoms with van der Waals surface area (Å²) in [4.78, 5) is 23.7. The molecule has 2 aromatic rings. The molecule has 0 unspecified atom stereocenters. The number of hydrogen-bond donors (Lipinski definition) is 2. The number of nitrogens with one attached hydrogen (secondary N) is 1. The highest BCUT2D eigenvalue weighted by Crippen LogP contribution is 2.20. The predicted octanol–water partition coefficient (Wildman–Crippen LogP) is 2.70. The number of carbonyl (C=O) groups excluding carboxylic acids is 2. The van der Waals surface area contributed by atoms with Crippen molar-refractivity contribution in [1.29, 1.82) is 0 Å². The molecule has 0 heterocycles. The lowest BCUT2D eigenvalue weighted by Gasteiger charge is -2.04. The fraction of sp³-hybridized carbons (Fsp3) is 0.263. The van der Waals surface area contributed by atoms with Crippen LogP contribution in [0.2, 0.25) is 0 Å². The van der Waals surface area contributed by atoms with Crippen molar-refractivity contribution in [2.45, 2.75) is 19.8 Å². The van der Waals surface area contributed by atoms with Crippen LogP contribution in [0.3, 0.4) is 0 Å². The number of carbonyl (C=O) groups is 2. The van der Waals surface area contributed by atoms with Gasteiger partial charge in [0.25, 0.3) is 16.0 Å². The van der Waals surface area contributed by atoms with Crippen molar-refractivity contribution in [2.75, 3.05) is 12.3 Å². The standard InChI is InChI=1S/C19H21N3O5S.O3S/c1-2-3-18(23)14-4-8-16(9-5-14)21-22-17-10-6-15(7-11-17)19(24)20-12-13-28(25,26)27;1-4(2)3/h4-11H,2-3,12-13H2,1H3,(H,20,24)(H,25,26,27);. The van der Waals surface area contributed by atoms with E-state index in [1.807, 2.05) is 6.92 Å². The van der Waals surface area contributed by atoms with Crippen molar-refractivity contribution in [2.24, 2.45) is 10.2 Å². The van der Waals surface area contributed by atoms with Crippen LogP contribution >= 0.6 is 0 Å². The summed E-state index contributed by atoms with van der Waals surface area (Å²) in [6.07, 6.45) is 1.31. The third-order valence-electron chi connectivity index (χ3n) is 3.72. The van der Waals surface area contributed by atoms with Crippen molar-refractivity contribution in [3.8, 4) is 0 Å². The van der Waals surface area contributed by atoms with Gasteiger partial charge in [0, 0.05) is 24.1 Å². The van der Waals surface area contributed by atoms with Crippen LogP contribution in [0, 0.1) is 0 Å². The third kappa shape index (κ3) is 11.2. The number of benzene rings is 2. The molecule has 2 aromatic carbocycles. The highest BCUT2D eigenvalue weighted by atomic mass is 32.2. The third-order valence-corrected chi connectivity index (χ3v) is 4.44. The molecule has 0 atom stereocenters. The van der Waals surface area contributed by atoms with Gasteiger partial charge >= 0.3 is 10.6 Å². The average molecular weight is 484 g/mol. The smallest absolute Gasteiger partial charge is 0.351 e. The van der Waals surface area contributed by atoms with Crippen molar-refractivity contribution in [3.63, 3.8) is 0 Å². The molecular formula is C19H21N3O8S2. The highest BCUT2D eigenvalue weighted by Gasteiger charge is 2.08. The second-order valence-corrected chi connectivity index (χ2v) is 8.19. The molecule has 13 heteroatoms. The predicted molar refractivity (Wildman–Crippen MR) is 115 cm³/mol. The lowest BCUT2D eigenvalue weighted by atomic mass is 10.1. The van der Waals surface area contributed by atoms with Crippen LogP contribution < -0.4 is 5.32 Å². The summed E-state index contributed by atoms with van der Waals surface area (Å²) in [5.74, 6) is -0.913. The molecule has 1 amide bonds. The van der Waals surface area contributed by atoms with Crippen LogP contribution in [0.1, 0.15) is 40.5 Å². The van der Waals surface area contributed by atoms with Crippen LogP contribution in [0.25, 0.3) is 0 Å². The molecule has 0 aliphatic rings. The Labute approximate surface area is 186 Å². The Morgan fingerprint density at radius 1 is 0.906 bits per heavy atom. The van der Waals surface area contributed by atoms with Gasteiger partial charge in [-0.3, -0.25) is 14.1 Å². The van der Waals surface area contributed by atoms with E-state index in [-0.39, 0.29) is 12.3 Å². The minimum absolute atomic E-state index is 0.0939. The summed E-state index contributed by atoms with van der Waals surface area (Å²) < 4.78 is 55.2. The second-order valence-electron chi connectivity index (χ2n) is 6.21. The van der Waals surface area contributed by atoms with Gasteiger partial charge < -0.3 is 5.32 Å². The lowest BCUT2D eigenvalue weighted by Crippen LogP contribution is -2.28. The average Bonchev–Trinajstić information content (AvgIpc) is 2.72. The monoisotopic (exact) mass is 483 g/mol. The first-order valence-corrected chi connectivity index (χ1v) is 11.8. The molecule has 0 aliphatic carbocycles. The highest BCUT2D eigenvalue weighted by molar-refractivity contribution is 7.85. The molecule has 0 radical (unpaired) electrons. The number of hydrogen-bond acceptors (Lipinski definition) is 9. The van der Waals surface area contributed by atoms with Crippen LogP contribution in [-0.2, 0) is 20.7 Å². The zero-order valence-electron chi connectivity index (χ0n) is 17.0. The Morgan fingerprint density at radius 3 is 1.75 bits per heavy atom. The van der Waals surface area contributed by atoms with E-state index >= 15 is 0 Å². The van der Waals surface area contributed by atoms with Gasteiger partial charge in [0.2, 0.25) is 0 Å². The van der Waals surface area contributed by atoms with E-state index in [1.165, 1.54) is 12.1 Å². The molecule has 0 fully saturated rings. The summed E-state index contributed by atoms with van der Waals surface area (Å²) in [6, 6.07) is 13.1. The van der Waals surface area contributed by atoms with Crippen molar-refractivity contribution in [1.82, 2.24) is 5.32 Å². The molecule has 2 rings (SSSR count). The molecule has 0 aliphatic heterocycles. The number of Topliss-reactive ketones (excluding diaryl/α,β-unsaturated/α-hetero) is 1. The van der Waals surface area contributed by atoms with Gasteiger partial charge in [0.15, 0.2) is 5.78 Å². The van der Waals surface area contributed by atoms with E-state index in [0.717, 1.165) is 6.42 Å². The number of rotatable bonds is 9. The second kappa shape index (κ2) is 13.2. The Balaban J connectivity index is 0.00000118. The maximum absolute atomic E-state index is 11.9. The number of nitrogens with zero attached hydrogens (tertiary/aromatic N) is 2. The molecule has 32 heavy (non-hydrogen) atoms. The van der Waals surface area contributed by atoms with Gasteiger partial charge in [-0.15, -0.1) is 12.6 Å². The Hall–Kier alpha value is -3.29. The Bertz CT molecular complexity index is 1150. The molecule has 0 bridgehead atoms. The zero-order valence-corrected chi connectivity index (χ0v) is 18.6. The van der Waals surface area contributed by atoms with Gasteiger partial charge in [0.05, 0.1) is 17.1 Å². The van der Waals surface area contributed by atoms with E-state index in [4.69, 9.17) is 17.2 Å². The van der Waals surface area contributed by atoms with E-state index < -0.39 is 32.4 Å². The summed E-state index contributed by atoms with van der Waals surface area (Å²) in [5, 5.41) is 10.6. The SMILES string of the molecule is CCCC(=O)c1ccc(N=Nc2ccc(C(=O)NCCS(=O)(=O)O)cc2)cc1.O=S(=O)=O. The first-order chi connectivity index (χ1) is 15.0. The van der Waals surface area contributed by atoms with Crippen LogP contribution in [-0.4, -0.2) is 49.6 Å². The Morgan fingerprint density at radius 2 is 1.34 bits per heavy atom. The topological polar surface area (TPSA) is 176 Å². The van der Waals surface area contributed by atoms with Crippen LogP contribution in [0.4, 0.5) is 11.4 Å². The minimum atomic E-state index is -4.11. The van der Waals surface area contributed by atoms with Gasteiger partial charge in [0.1, 0.15) is 0 Å². The summed E-state index contributed by atoms with van der Waals surface area (Å²) >= 11 is 0. The normalized spacial score (nSPS) is 10.8. The fourth-order valence-electron chi connectivity index (χ4n) is 2.28. The number of amides is 1. The van der Waals surface area contributed by atoms with Crippen molar-refractivity contribution >= 4 is 43.8 Å². The molecule has 0 saturated heterocycles. The number of azo groups is 1. The van der Waals surface area contributed by atoms with Gasteiger partial charge in [-0.05, 0) is 55.0 Å². The number of ketones is 1. The summed E-state index contributed by atoms with van der Waals surface area (Å²) in [6.45, 7) is 1.77. The quantitative estimate of drug-likeness (QED) is 0.310. The molecular weight excluding hydrogens is 462 g/mol. The van der Waals surface area contributed by atoms with Crippen LogP contribution in [0.5, 0.6) is 0 Å².